The van der Waals surface area contributed by atoms with E-state index in [1.54, 1.807) is 6.07 Å². The van der Waals surface area contributed by atoms with Crippen molar-refractivity contribution < 1.29 is 23.0 Å². The maximum Gasteiger partial charge on any atom is 0.387 e. The van der Waals surface area contributed by atoms with Crippen LogP contribution in [0.25, 0.3) is 0 Å². The molecule has 7 heteroatoms. The number of methoxy groups -OCH3 is 1. The predicted octanol–water partition coefficient (Wildman–Crippen LogP) is 2.31. The summed E-state index contributed by atoms with van der Waals surface area (Å²) in [5, 5.41) is 6.50. The molecule has 1 aromatic rings. The van der Waals surface area contributed by atoms with E-state index in [4.69, 9.17) is 4.74 Å². The first-order chi connectivity index (χ1) is 11.0. The van der Waals surface area contributed by atoms with Gasteiger partial charge in [-0.15, -0.1) is 0 Å². The average Bonchev–Trinajstić information content (AvgIpc) is 2.85. The van der Waals surface area contributed by atoms with E-state index < -0.39 is 6.61 Å². The summed E-state index contributed by atoms with van der Waals surface area (Å²) in [4.78, 5) is 12.4. The highest BCUT2D eigenvalue weighted by Crippen LogP contribution is 2.30. The monoisotopic (exact) mass is 326 g/mol. The van der Waals surface area contributed by atoms with Crippen LogP contribution in [0.15, 0.2) is 18.2 Å². The molecule has 0 aliphatic carbocycles. The van der Waals surface area contributed by atoms with Gasteiger partial charge in [-0.3, -0.25) is 4.79 Å². The number of carbonyl (C=O) groups is 1. The van der Waals surface area contributed by atoms with Gasteiger partial charge in [-0.2, -0.15) is 8.78 Å². The quantitative estimate of drug-likeness (QED) is 0.872. The summed E-state index contributed by atoms with van der Waals surface area (Å²) >= 11 is 0. The summed E-state index contributed by atoms with van der Waals surface area (Å²) < 4.78 is 34.3. The minimum absolute atomic E-state index is 0.114. The summed E-state index contributed by atoms with van der Waals surface area (Å²) in [6, 6.07) is 5.33. The third-order valence-electron chi connectivity index (χ3n) is 4.45. The summed E-state index contributed by atoms with van der Waals surface area (Å²) in [6.45, 7) is -2.97. The Bertz CT molecular complexity index is 570. The number of ether oxygens (including phenoxy) is 2. The van der Waals surface area contributed by atoms with Crippen LogP contribution in [0, 0.1) is 0 Å². The van der Waals surface area contributed by atoms with Crippen molar-refractivity contribution in [3.8, 4) is 11.5 Å². The molecule has 0 aromatic heterocycles. The molecule has 23 heavy (non-hydrogen) atoms. The second-order valence-electron chi connectivity index (χ2n) is 6.02. The summed E-state index contributed by atoms with van der Waals surface area (Å²) in [7, 11) is 1.36. The number of rotatable bonds is 5. The van der Waals surface area contributed by atoms with Crippen LogP contribution in [0.4, 0.5) is 8.78 Å². The molecule has 2 bridgehead atoms. The van der Waals surface area contributed by atoms with Gasteiger partial charge in [0.2, 0.25) is 0 Å². The van der Waals surface area contributed by atoms with Gasteiger partial charge in [0.1, 0.15) is 0 Å². The maximum absolute atomic E-state index is 12.5. The van der Waals surface area contributed by atoms with Crippen molar-refractivity contribution in [1.82, 2.24) is 10.6 Å². The highest BCUT2D eigenvalue weighted by molar-refractivity contribution is 5.95. The second kappa shape index (κ2) is 6.70. The van der Waals surface area contributed by atoms with E-state index in [-0.39, 0.29) is 29.0 Å². The van der Waals surface area contributed by atoms with Gasteiger partial charge in [0, 0.05) is 23.7 Å². The zero-order valence-electron chi connectivity index (χ0n) is 12.9. The van der Waals surface area contributed by atoms with Crippen LogP contribution in [0.1, 0.15) is 36.0 Å². The predicted molar refractivity (Wildman–Crippen MR) is 80.1 cm³/mol. The van der Waals surface area contributed by atoms with Gasteiger partial charge in [-0.25, -0.2) is 0 Å². The lowest BCUT2D eigenvalue weighted by atomic mass is 9.99. The van der Waals surface area contributed by atoms with E-state index >= 15 is 0 Å². The molecule has 2 heterocycles. The molecule has 5 nitrogen and oxygen atoms in total. The van der Waals surface area contributed by atoms with Crippen LogP contribution in [0.3, 0.4) is 0 Å². The van der Waals surface area contributed by atoms with Crippen LogP contribution >= 0.6 is 0 Å². The third-order valence-corrected chi connectivity index (χ3v) is 4.45. The Hall–Kier alpha value is -1.89. The minimum atomic E-state index is -2.97. The molecule has 0 radical (unpaired) electrons. The fourth-order valence-electron chi connectivity index (χ4n) is 3.45. The van der Waals surface area contributed by atoms with Gasteiger partial charge in [0.05, 0.1) is 7.11 Å². The number of amides is 1. The van der Waals surface area contributed by atoms with Gasteiger partial charge >= 0.3 is 6.61 Å². The molecule has 0 spiro atoms. The van der Waals surface area contributed by atoms with Gasteiger partial charge < -0.3 is 20.1 Å². The number of nitrogens with one attached hydrogen (secondary N) is 2. The van der Waals surface area contributed by atoms with E-state index in [1.807, 2.05) is 0 Å². The lowest BCUT2D eigenvalue weighted by molar-refractivity contribution is -0.0512. The molecule has 2 atom stereocenters. The molecule has 2 N–H and O–H groups in total. The Balaban J connectivity index is 1.69. The van der Waals surface area contributed by atoms with E-state index in [2.05, 4.69) is 15.4 Å². The van der Waals surface area contributed by atoms with Crippen LogP contribution in [0.5, 0.6) is 11.5 Å². The van der Waals surface area contributed by atoms with Crippen molar-refractivity contribution >= 4 is 5.91 Å². The maximum atomic E-state index is 12.5. The zero-order chi connectivity index (χ0) is 16.4. The Labute approximate surface area is 133 Å². The van der Waals surface area contributed by atoms with Crippen molar-refractivity contribution in [1.29, 1.82) is 0 Å². The zero-order valence-corrected chi connectivity index (χ0v) is 12.9. The number of alkyl halides is 2. The van der Waals surface area contributed by atoms with Crippen molar-refractivity contribution in [2.75, 3.05) is 7.11 Å². The molecule has 2 fully saturated rings. The lowest BCUT2D eigenvalue weighted by Crippen LogP contribution is -2.48. The molecule has 1 amide bonds. The van der Waals surface area contributed by atoms with Crippen LogP contribution in [-0.2, 0) is 0 Å². The summed E-state index contributed by atoms with van der Waals surface area (Å²) in [5.41, 5.74) is 0.285. The lowest BCUT2D eigenvalue weighted by Gasteiger charge is -2.29. The SMILES string of the molecule is COc1ccc(C(=O)NC2CC3CCC(C2)N3)cc1OC(F)F. The second-order valence-corrected chi connectivity index (χ2v) is 6.02. The largest absolute Gasteiger partial charge is 0.493 e. The van der Waals surface area contributed by atoms with Gasteiger partial charge in [0.15, 0.2) is 11.5 Å². The first-order valence-electron chi connectivity index (χ1n) is 7.75. The Morgan fingerprint density at radius 3 is 2.57 bits per heavy atom. The molecule has 2 saturated heterocycles. The minimum Gasteiger partial charge on any atom is -0.493 e. The number of hydrogen-bond acceptors (Lipinski definition) is 4. The van der Waals surface area contributed by atoms with Crippen molar-refractivity contribution in [3.63, 3.8) is 0 Å². The Kier molecular flexibility index (Phi) is 4.66. The number of piperidine rings is 1. The molecule has 3 rings (SSSR count). The smallest absolute Gasteiger partial charge is 0.387 e. The molecular formula is C16H20F2N2O3. The summed E-state index contributed by atoms with van der Waals surface area (Å²) in [6.07, 6.45) is 4.09. The summed E-state index contributed by atoms with van der Waals surface area (Å²) in [5.74, 6) is -0.250. The van der Waals surface area contributed by atoms with Crippen molar-refractivity contribution in [3.05, 3.63) is 23.8 Å². The highest BCUT2D eigenvalue weighted by Gasteiger charge is 2.34. The van der Waals surface area contributed by atoms with E-state index in [9.17, 15) is 13.6 Å². The highest BCUT2D eigenvalue weighted by atomic mass is 19.3. The molecule has 2 aliphatic rings. The number of fused-ring (bicyclic) bond motifs is 2. The fourth-order valence-corrected chi connectivity index (χ4v) is 3.45. The van der Waals surface area contributed by atoms with Gasteiger partial charge in [0.25, 0.3) is 5.91 Å². The normalized spacial score (nSPS) is 26.2. The molecule has 0 saturated carbocycles. The fraction of sp³-hybridized carbons (Fsp3) is 0.562. The number of hydrogen-bond donors (Lipinski definition) is 2. The first-order valence-corrected chi connectivity index (χ1v) is 7.75. The molecule has 126 valence electrons. The van der Waals surface area contributed by atoms with E-state index in [0.29, 0.717) is 12.1 Å². The average molecular weight is 326 g/mol. The Morgan fingerprint density at radius 1 is 1.26 bits per heavy atom. The van der Waals surface area contributed by atoms with Crippen LogP contribution in [0.2, 0.25) is 0 Å². The number of carbonyl (C=O) groups excluding carboxylic acids is 1. The number of halogens is 2. The van der Waals surface area contributed by atoms with Gasteiger partial charge in [-0.05, 0) is 43.9 Å². The number of benzene rings is 1. The van der Waals surface area contributed by atoms with Crippen LogP contribution in [-0.4, -0.2) is 37.8 Å². The van der Waals surface area contributed by atoms with Crippen molar-refractivity contribution in [2.24, 2.45) is 0 Å². The first kappa shape index (κ1) is 16.0. The van der Waals surface area contributed by atoms with Crippen LogP contribution < -0.4 is 20.1 Å². The Morgan fingerprint density at radius 2 is 1.96 bits per heavy atom. The van der Waals surface area contributed by atoms with Crippen molar-refractivity contribution in [2.45, 2.75) is 50.4 Å². The molecular weight excluding hydrogens is 306 g/mol. The molecule has 1 aromatic carbocycles. The topological polar surface area (TPSA) is 59.6 Å². The molecule has 2 unspecified atom stereocenters. The van der Waals surface area contributed by atoms with Gasteiger partial charge in [-0.1, -0.05) is 0 Å². The standard InChI is InChI=1S/C16H20F2N2O3/c1-22-13-5-2-9(6-14(13)23-16(17)18)15(21)20-12-7-10-3-4-11(8-12)19-10/h2,5-6,10-12,16,19H,3-4,7-8H2,1H3,(H,20,21). The van der Waals surface area contributed by atoms with E-state index in [0.717, 1.165) is 25.7 Å². The molecule has 2 aliphatic heterocycles. The third kappa shape index (κ3) is 3.72. The van der Waals surface area contributed by atoms with E-state index in [1.165, 1.54) is 19.2 Å².